The first-order valence-electron chi connectivity index (χ1n) is 8.43. The molecule has 0 unspecified atom stereocenters. The summed E-state index contributed by atoms with van der Waals surface area (Å²) in [6.45, 7) is 1.79. The normalized spacial score (nSPS) is 28.2. The smallest absolute Gasteiger partial charge is 0.222 e. The largest absolute Gasteiger partial charge is 0.381 e. The van der Waals surface area contributed by atoms with Crippen molar-refractivity contribution in [1.29, 1.82) is 0 Å². The average Bonchev–Trinajstić information content (AvgIpc) is 2.95. The molecule has 0 radical (unpaired) electrons. The molecule has 0 N–H and O–H groups in total. The molecule has 1 aliphatic heterocycles. The van der Waals surface area contributed by atoms with Gasteiger partial charge in [-0.15, -0.1) is 0 Å². The van der Waals surface area contributed by atoms with E-state index >= 15 is 0 Å². The third-order valence-electron chi connectivity index (χ3n) is 5.42. The number of carbonyl (C=O) groups excluding carboxylic acids is 1. The topological polar surface area (TPSA) is 42.4 Å². The number of hydrogen-bond acceptors (Lipinski definition) is 3. The van der Waals surface area contributed by atoms with Crippen LogP contribution in [-0.2, 0) is 16.0 Å². The Bertz CT molecular complexity index is 505. The number of ether oxygens (including phenoxy) is 1. The molecule has 120 valence electrons. The van der Waals surface area contributed by atoms with E-state index < -0.39 is 0 Å². The molecule has 1 aromatic rings. The van der Waals surface area contributed by atoms with E-state index in [-0.39, 0.29) is 11.3 Å². The first kappa shape index (κ1) is 15.5. The van der Waals surface area contributed by atoms with Crippen molar-refractivity contribution < 1.29 is 9.53 Å². The maximum atomic E-state index is 12.6. The highest BCUT2D eigenvalue weighted by Gasteiger charge is 2.46. The molecule has 3 rings (SSSR count). The van der Waals surface area contributed by atoms with E-state index in [1.165, 1.54) is 19.3 Å². The molecule has 2 heterocycles. The number of aryl methyl sites for hydroxylation is 1. The monoisotopic (exact) mass is 302 g/mol. The average molecular weight is 302 g/mol. The number of methoxy groups -OCH3 is 1. The van der Waals surface area contributed by atoms with Gasteiger partial charge < -0.3 is 9.64 Å². The fourth-order valence-corrected chi connectivity index (χ4v) is 4.27. The van der Waals surface area contributed by atoms with Crippen LogP contribution in [0.15, 0.2) is 24.5 Å². The maximum Gasteiger partial charge on any atom is 0.222 e. The molecular formula is C18H26N2O2. The summed E-state index contributed by atoms with van der Waals surface area (Å²) in [5.74, 6) is 0.282. The zero-order valence-electron chi connectivity index (χ0n) is 13.5. The molecule has 1 amide bonds. The predicted octanol–water partition coefficient (Wildman–Crippen LogP) is 2.82. The molecule has 4 heteroatoms. The van der Waals surface area contributed by atoms with Crippen molar-refractivity contribution >= 4 is 5.91 Å². The van der Waals surface area contributed by atoms with Crippen LogP contribution in [0.5, 0.6) is 0 Å². The van der Waals surface area contributed by atoms with E-state index in [1.807, 2.05) is 25.4 Å². The highest BCUT2D eigenvalue weighted by Crippen LogP contribution is 2.46. The van der Waals surface area contributed by atoms with Crippen LogP contribution in [0, 0.1) is 5.41 Å². The van der Waals surface area contributed by atoms with Crippen molar-refractivity contribution in [3.63, 3.8) is 0 Å². The Morgan fingerprint density at radius 2 is 2.32 bits per heavy atom. The van der Waals surface area contributed by atoms with Gasteiger partial charge in [-0.05, 0) is 43.7 Å². The number of likely N-dealkylation sites (tertiary alicyclic amines) is 1. The first-order valence-corrected chi connectivity index (χ1v) is 8.43. The zero-order valence-corrected chi connectivity index (χ0v) is 13.5. The second-order valence-electron chi connectivity index (χ2n) is 6.76. The summed E-state index contributed by atoms with van der Waals surface area (Å²) in [7, 11) is 1.82. The fraction of sp³-hybridized carbons (Fsp3) is 0.667. The number of aromatic nitrogens is 1. The van der Waals surface area contributed by atoms with Crippen molar-refractivity contribution in [2.45, 2.75) is 51.0 Å². The van der Waals surface area contributed by atoms with Gasteiger partial charge in [-0.2, -0.15) is 0 Å². The van der Waals surface area contributed by atoms with Crippen molar-refractivity contribution in [3.8, 4) is 0 Å². The fourth-order valence-electron chi connectivity index (χ4n) is 4.27. The Morgan fingerprint density at radius 3 is 3.09 bits per heavy atom. The van der Waals surface area contributed by atoms with Crippen LogP contribution in [0.4, 0.5) is 0 Å². The van der Waals surface area contributed by atoms with Gasteiger partial charge >= 0.3 is 0 Å². The minimum atomic E-state index is 0.219. The van der Waals surface area contributed by atoms with Gasteiger partial charge in [0.05, 0.1) is 6.10 Å². The number of rotatable bonds is 4. The highest BCUT2D eigenvalue weighted by atomic mass is 16.5. The van der Waals surface area contributed by atoms with E-state index in [9.17, 15) is 4.79 Å². The van der Waals surface area contributed by atoms with Gasteiger partial charge in [-0.25, -0.2) is 0 Å². The first-order chi connectivity index (χ1) is 10.7. The summed E-state index contributed by atoms with van der Waals surface area (Å²) in [5, 5.41) is 0. The Labute approximate surface area is 132 Å². The zero-order chi connectivity index (χ0) is 15.4. The van der Waals surface area contributed by atoms with Gasteiger partial charge in [-0.3, -0.25) is 9.78 Å². The minimum Gasteiger partial charge on any atom is -0.381 e. The van der Waals surface area contributed by atoms with Gasteiger partial charge in [0.15, 0.2) is 0 Å². The second kappa shape index (κ2) is 6.78. The summed E-state index contributed by atoms with van der Waals surface area (Å²) < 4.78 is 5.72. The molecule has 1 spiro atoms. The third kappa shape index (κ3) is 3.17. The molecule has 1 saturated carbocycles. The summed E-state index contributed by atoms with van der Waals surface area (Å²) in [4.78, 5) is 18.8. The molecule has 2 fully saturated rings. The molecule has 4 nitrogen and oxygen atoms in total. The van der Waals surface area contributed by atoms with Crippen molar-refractivity contribution in [2.75, 3.05) is 20.2 Å². The number of carbonyl (C=O) groups is 1. The molecule has 22 heavy (non-hydrogen) atoms. The van der Waals surface area contributed by atoms with Crippen LogP contribution in [-0.4, -0.2) is 42.1 Å². The van der Waals surface area contributed by atoms with Crippen LogP contribution in [0.1, 0.15) is 44.1 Å². The summed E-state index contributed by atoms with van der Waals surface area (Å²) in [6.07, 6.45) is 11.2. The number of piperidine rings is 1. The van der Waals surface area contributed by atoms with E-state index in [2.05, 4.69) is 9.88 Å². The van der Waals surface area contributed by atoms with Crippen LogP contribution in [0.2, 0.25) is 0 Å². The lowest BCUT2D eigenvalue weighted by molar-refractivity contribution is -0.137. The molecule has 2 atom stereocenters. The number of amides is 1. The van der Waals surface area contributed by atoms with Crippen molar-refractivity contribution in [3.05, 3.63) is 30.1 Å². The Kier molecular flexibility index (Phi) is 4.77. The third-order valence-corrected chi connectivity index (χ3v) is 5.42. The predicted molar refractivity (Wildman–Crippen MR) is 85.5 cm³/mol. The van der Waals surface area contributed by atoms with E-state index in [0.717, 1.165) is 37.9 Å². The van der Waals surface area contributed by atoms with Gasteiger partial charge in [-0.1, -0.05) is 12.5 Å². The molecule has 0 aromatic carbocycles. The molecule has 2 aliphatic rings. The summed E-state index contributed by atoms with van der Waals surface area (Å²) in [6, 6.07) is 3.97. The molecule has 1 aromatic heterocycles. The Morgan fingerprint density at radius 1 is 1.45 bits per heavy atom. The highest BCUT2D eigenvalue weighted by molar-refractivity contribution is 5.76. The lowest BCUT2D eigenvalue weighted by Gasteiger charge is -2.43. The SMILES string of the molecule is CO[C@@H]1CCC[C@@]12CCCN(C(=O)CCc1cccnc1)C2. The molecular weight excluding hydrogens is 276 g/mol. The number of pyridine rings is 1. The molecule has 0 bridgehead atoms. The molecule has 1 saturated heterocycles. The van der Waals surface area contributed by atoms with Crippen molar-refractivity contribution in [2.24, 2.45) is 5.41 Å². The van der Waals surface area contributed by atoms with Gasteiger partial charge in [0.1, 0.15) is 0 Å². The van der Waals surface area contributed by atoms with E-state index in [4.69, 9.17) is 4.74 Å². The van der Waals surface area contributed by atoms with Crippen LogP contribution in [0.3, 0.4) is 0 Å². The van der Waals surface area contributed by atoms with Crippen LogP contribution in [0.25, 0.3) is 0 Å². The lowest BCUT2D eigenvalue weighted by atomic mass is 9.76. The lowest BCUT2D eigenvalue weighted by Crippen LogP contribution is -2.49. The van der Waals surface area contributed by atoms with Crippen molar-refractivity contribution in [1.82, 2.24) is 9.88 Å². The van der Waals surface area contributed by atoms with Gasteiger partial charge in [0.2, 0.25) is 5.91 Å². The number of hydrogen-bond donors (Lipinski definition) is 0. The van der Waals surface area contributed by atoms with E-state index in [1.54, 1.807) is 6.20 Å². The van der Waals surface area contributed by atoms with Gasteiger partial charge in [0.25, 0.3) is 0 Å². The molecule has 1 aliphatic carbocycles. The minimum absolute atomic E-state index is 0.219. The standard InChI is InChI=1S/C18H26N2O2/c1-22-16-6-2-9-18(16)10-4-12-20(14-18)17(21)8-7-15-5-3-11-19-13-15/h3,5,11,13,16H,2,4,6-10,12,14H2,1H3/t16-,18+/m1/s1. The van der Waals surface area contributed by atoms with E-state index in [0.29, 0.717) is 12.5 Å². The summed E-state index contributed by atoms with van der Waals surface area (Å²) in [5.41, 5.74) is 1.36. The second-order valence-corrected chi connectivity index (χ2v) is 6.76. The van der Waals surface area contributed by atoms with Gasteiger partial charge in [0, 0.05) is 44.4 Å². The number of nitrogens with zero attached hydrogens (tertiary/aromatic N) is 2. The summed E-state index contributed by atoms with van der Waals surface area (Å²) >= 11 is 0. The maximum absolute atomic E-state index is 12.6. The Balaban J connectivity index is 1.58. The van der Waals surface area contributed by atoms with Crippen LogP contribution >= 0.6 is 0 Å². The Hall–Kier alpha value is -1.42. The quantitative estimate of drug-likeness (QED) is 0.859. The van der Waals surface area contributed by atoms with Crippen LogP contribution < -0.4 is 0 Å².